The number of anilines is 1. The molecule has 0 aromatic heterocycles. The second-order valence-electron chi connectivity index (χ2n) is 6.66. The molecule has 0 bridgehead atoms. The normalized spacial score (nSPS) is 16.1. The molecule has 2 amide bonds. The van der Waals surface area contributed by atoms with Crippen LogP contribution in [0, 0.1) is 6.92 Å². The summed E-state index contributed by atoms with van der Waals surface area (Å²) in [6.45, 7) is 4.27. The molecule has 1 aliphatic rings. The summed E-state index contributed by atoms with van der Waals surface area (Å²) in [7, 11) is 0. The molecule has 0 fully saturated rings. The van der Waals surface area contributed by atoms with Gasteiger partial charge < -0.3 is 15.4 Å². The lowest BCUT2D eigenvalue weighted by Crippen LogP contribution is -2.38. The van der Waals surface area contributed by atoms with Gasteiger partial charge in [0.25, 0.3) is 0 Å². The second kappa shape index (κ2) is 8.95. The third-order valence-electron chi connectivity index (χ3n) is 4.39. The highest BCUT2D eigenvalue weighted by Crippen LogP contribution is 2.27. The Balaban J connectivity index is 1.36. The average molecular weight is 385 g/mol. The van der Waals surface area contributed by atoms with Crippen molar-refractivity contribution in [3.8, 4) is 5.75 Å². The number of nitrogens with one attached hydrogen (secondary N) is 2. The largest absolute Gasteiger partial charge is 0.488 e. The van der Waals surface area contributed by atoms with Crippen molar-refractivity contribution in [2.24, 2.45) is 0 Å². The maximum atomic E-state index is 12.3. The summed E-state index contributed by atoms with van der Waals surface area (Å²) in [4.78, 5) is 24.3. The SMILES string of the molecule is Cc1ccc(NC(=O)CSC(C)C(=O)NCC2Cc3ccccc3O2)cc1. The Hall–Kier alpha value is -2.47. The number of para-hydroxylation sites is 1. The van der Waals surface area contributed by atoms with E-state index in [4.69, 9.17) is 4.74 Å². The third-order valence-corrected chi connectivity index (χ3v) is 5.53. The van der Waals surface area contributed by atoms with E-state index in [1.165, 1.54) is 17.3 Å². The molecule has 0 saturated heterocycles. The Bertz CT molecular complexity index is 782. The minimum atomic E-state index is -0.308. The van der Waals surface area contributed by atoms with Gasteiger partial charge in [-0.05, 0) is 37.6 Å². The van der Waals surface area contributed by atoms with Gasteiger partial charge in [-0.1, -0.05) is 35.9 Å². The Morgan fingerprint density at radius 3 is 2.67 bits per heavy atom. The number of benzene rings is 2. The molecule has 142 valence electrons. The Kier molecular flexibility index (Phi) is 6.40. The maximum absolute atomic E-state index is 12.3. The number of rotatable bonds is 7. The lowest BCUT2D eigenvalue weighted by molar-refractivity contribution is -0.120. The Morgan fingerprint density at radius 2 is 1.93 bits per heavy atom. The van der Waals surface area contributed by atoms with Crippen molar-refractivity contribution in [2.45, 2.75) is 31.6 Å². The third kappa shape index (κ3) is 5.50. The van der Waals surface area contributed by atoms with E-state index in [1.807, 2.05) is 62.4 Å². The second-order valence-corrected chi connectivity index (χ2v) is 7.99. The molecule has 2 aromatic rings. The zero-order valence-electron chi connectivity index (χ0n) is 15.5. The predicted molar refractivity (Wildman–Crippen MR) is 109 cm³/mol. The molecule has 27 heavy (non-hydrogen) atoms. The van der Waals surface area contributed by atoms with Crippen molar-refractivity contribution >= 4 is 29.3 Å². The lowest BCUT2D eigenvalue weighted by atomic mass is 10.1. The van der Waals surface area contributed by atoms with Crippen LogP contribution in [0.5, 0.6) is 5.75 Å². The van der Waals surface area contributed by atoms with Gasteiger partial charge in [-0.3, -0.25) is 9.59 Å². The number of hydrogen-bond donors (Lipinski definition) is 2. The van der Waals surface area contributed by atoms with Gasteiger partial charge in [0, 0.05) is 12.1 Å². The number of aryl methyl sites for hydroxylation is 1. The van der Waals surface area contributed by atoms with E-state index in [2.05, 4.69) is 10.6 Å². The molecule has 2 aromatic carbocycles. The highest BCUT2D eigenvalue weighted by atomic mass is 32.2. The number of carbonyl (C=O) groups excluding carboxylic acids is 2. The molecule has 0 spiro atoms. The number of carbonyl (C=O) groups is 2. The van der Waals surface area contributed by atoms with Crippen LogP contribution in [-0.2, 0) is 16.0 Å². The number of thioether (sulfide) groups is 1. The van der Waals surface area contributed by atoms with E-state index >= 15 is 0 Å². The molecule has 0 saturated carbocycles. The van der Waals surface area contributed by atoms with Crippen molar-refractivity contribution in [3.05, 3.63) is 59.7 Å². The van der Waals surface area contributed by atoms with Crippen LogP contribution in [0.2, 0.25) is 0 Å². The van der Waals surface area contributed by atoms with Gasteiger partial charge in [-0.25, -0.2) is 0 Å². The molecule has 1 aliphatic heterocycles. The molecule has 5 nitrogen and oxygen atoms in total. The fourth-order valence-electron chi connectivity index (χ4n) is 2.84. The van der Waals surface area contributed by atoms with Gasteiger partial charge in [0.1, 0.15) is 11.9 Å². The first-order chi connectivity index (χ1) is 13.0. The Labute approximate surface area is 163 Å². The highest BCUT2D eigenvalue weighted by Gasteiger charge is 2.23. The summed E-state index contributed by atoms with van der Waals surface area (Å²) >= 11 is 1.32. The molecule has 2 N–H and O–H groups in total. The van der Waals surface area contributed by atoms with Crippen molar-refractivity contribution < 1.29 is 14.3 Å². The van der Waals surface area contributed by atoms with Gasteiger partial charge >= 0.3 is 0 Å². The summed E-state index contributed by atoms with van der Waals surface area (Å²) in [6, 6.07) is 15.6. The van der Waals surface area contributed by atoms with Crippen LogP contribution >= 0.6 is 11.8 Å². The van der Waals surface area contributed by atoms with E-state index in [0.29, 0.717) is 6.54 Å². The van der Waals surface area contributed by atoms with Crippen LogP contribution < -0.4 is 15.4 Å². The minimum Gasteiger partial charge on any atom is -0.488 e. The van der Waals surface area contributed by atoms with Crippen LogP contribution in [0.1, 0.15) is 18.1 Å². The standard InChI is InChI=1S/C21H24N2O3S/c1-14-7-9-17(10-8-14)23-20(24)13-27-15(2)21(25)22-12-18-11-16-5-3-4-6-19(16)26-18/h3-10,15,18H,11-13H2,1-2H3,(H,22,25)(H,23,24). The smallest absolute Gasteiger partial charge is 0.234 e. The minimum absolute atomic E-state index is 0.0339. The van der Waals surface area contributed by atoms with Gasteiger partial charge in [0.2, 0.25) is 11.8 Å². The molecular weight excluding hydrogens is 360 g/mol. The molecule has 0 radical (unpaired) electrons. The first-order valence-electron chi connectivity index (χ1n) is 9.01. The molecule has 6 heteroatoms. The summed E-state index contributed by atoms with van der Waals surface area (Å²) in [5, 5.41) is 5.45. The van der Waals surface area contributed by atoms with Crippen molar-refractivity contribution in [1.29, 1.82) is 0 Å². The van der Waals surface area contributed by atoms with Crippen LogP contribution in [0.4, 0.5) is 5.69 Å². The monoisotopic (exact) mass is 384 g/mol. The van der Waals surface area contributed by atoms with Gasteiger partial charge in [-0.2, -0.15) is 0 Å². The summed E-state index contributed by atoms with van der Waals surface area (Å²) in [5.74, 6) is 0.932. The number of hydrogen-bond acceptors (Lipinski definition) is 4. The molecular formula is C21H24N2O3S. The molecule has 2 unspecified atom stereocenters. The van der Waals surface area contributed by atoms with E-state index < -0.39 is 0 Å². The van der Waals surface area contributed by atoms with Gasteiger partial charge in [-0.15, -0.1) is 11.8 Å². The lowest BCUT2D eigenvalue weighted by Gasteiger charge is -2.15. The molecule has 1 heterocycles. The number of amides is 2. The topological polar surface area (TPSA) is 67.4 Å². The first kappa shape index (κ1) is 19.3. The van der Waals surface area contributed by atoms with E-state index in [9.17, 15) is 9.59 Å². The molecule has 3 rings (SSSR count). The van der Waals surface area contributed by atoms with Crippen LogP contribution in [0.25, 0.3) is 0 Å². The molecule has 0 aliphatic carbocycles. The number of fused-ring (bicyclic) bond motifs is 1. The quantitative estimate of drug-likeness (QED) is 0.769. The Morgan fingerprint density at radius 1 is 1.19 bits per heavy atom. The zero-order chi connectivity index (χ0) is 19.2. The highest BCUT2D eigenvalue weighted by molar-refractivity contribution is 8.01. The average Bonchev–Trinajstić information content (AvgIpc) is 3.09. The van der Waals surface area contributed by atoms with Crippen molar-refractivity contribution in [3.63, 3.8) is 0 Å². The van der Waals surface area contributed by atoms with Gasteiger partial charge in [0.15, 0.2) is 0 Å². The summed E-state index contributed by atoms with van der Waals surface area (Å²) in [6.07, 6.45) is 0.769. The van der Waals surface area contributed by atoms with Crippen LogP contribution in [0.3, 0.4) is 0 Å². The fraction of sp³-hybridized carbons (Fsp3) is 0.333. The summed E-state index contributed by atoms with van der Waals surface area (Å²) in [5.41, 5.74) is 3.08. The van der Waals surface area contributed by atoms with Crippen molar-refractivity contribution in [2.75, 3.05) is 17.6 Å². The van der Waals surface area contributed by atoms with E-state index in [0.717, 1.165) is 23.4 Å². The van der Waals surface area contributed by atoms with Crippen molar-refractivity contribution in [1.82, 2.24) is 5.32 Å². The molecule has 2 atom stereocenters. The van der Waals surface area contributed by atoms with Crippen LogP contribution in [-0.4, -0.2) is 35.5 Å². The maximum Gasteiger partial charge on any atom is 0.234 e. The fourth-order valence-corrected chi connectivity index (χ4v) is 3.54. The van der Waals surface area contributed by atoms with Crippen LogP contribution in [0.15, 0.2) is 48.5 Å². The number of ether oxygens (including phenoxy) is 1. The zero-order valence-corrected chi connectivity index (χ0v) is 16.3. The van der Waals surface area contributed by atoms with E-state index in [-0.39, 0.29) is 28.9 Å². The summed E-state index contributed by atoms with van der Waals surface area (Å²) < 4.78 is 5.82. The first-order valence-corrected chi connectivity index (χ1v) is 10.1. The predicted octanol–water partition coefficient (Wildman–Crippen LogP) is 3.18. The van der Waals surface area contributed by atoms with E-state index in [1.54, 1.807) is 0 Å². The van der Waals surface area contributed by atoms with Gasteiger partial charge in [0.05, 0.1) is 17.5 Å².